The first kappa shape index (κ1) is 12.6. The highest BCUT2D eigenvalue weighted by Crippen LogP contribution is 2.30. The first-order chi connectivity index (χ1) is 8.70. The van der Waals surface area contributed by atoms with Gasteiger partial charge in [0.15, 0.2) is 0 Å². The topological polar surface area (TPSA) is 20.2 Å². The number of rotatable bonds is 4. The molecule has 0 aliphatic rings. The van der Waals surface area contributed by atoms with Crippen LogP contribution in [0.5, 0.6) is 0 Å². The standard InChI is InChI=1S/C17H18O/c1-13(2)17(18)16(14-9-5-3-6-10-14)15-11-7-4-8-12-15/h3-12,16-18H,1H2,2H3. The third kappa shape index (κ3) is 2.69. The molecule has 0 bridgehead atoms. The number of aliphatic hydroxyl groups is 1. The van der Waals surface area contributed by atoms with Crippen molar-refractivity contribution in [1.29, 1.82) is 0 Å². The molecule has 0 aliphatic heterocycles. The van der Waals surface area contributed by atoms with Crippen LogP contribution in [0.3, 0.4) is 0 Å². The van der Waals surface area contributed by atoms with Crippen molar-refractivity contribution < 1.29 is 5.11 Å². The van der Waals surface area contributed by atoms with Crippen LogP contribution in [-0.4, -0.2) is 11.2 Å². The van der Waals surface area contributed by atoms with E-state index >= 15 is 0 Å². The molecule has 1 nitrogen and oxygen atoms in total. The summed E-state index contributed by atoms with van der Waals surface area (Å²) in [5, 5.41) is 10.4. The molecule has 1 unspecified atom stereocenters. The summed E-state index contributed by atoms with van der Waals surface area (Å²) in [6.07, 6.45) is -0.560. The van der Waals surface area contributed by atoms with Gasteiger partial charge in [-0.1, -0.05) is 72.8 Å². The molecule has 1 heteroatoms. The van der Waals surface area contributed by atoms with Crippen LogP contribution in [0, 0.1) is 0 Å². The summed E-state index contributed by atoms with van der Waals surface area (Å²) in [5.41, 5.74) is 3.01. The molecule has 1 atom stereocenters. The molecule has 0 fully saturated rings. The zero-order valence-corrected chi connectivity index (χ0v) is 10.6. The zero-order valence-electron chi connectivity index (χ0n) is 10.6. The van der Waals surface area contributed by atoms with Gasteiger partial charge < -0.3 is 5.11 Å². The molecule has 0 aliphatic carbocycles. The van der Waals surface area contributed by atoms with Gasteiger partial charge in [-0.25, -0.2) is 0 Å². The van der Waals surface area contributed by atoms with Gasteiger partial charge in [0.1, 0.15) is 0 Å². The van der Waals surface area contributed by atoms with Crippen LogP contribution in [0.2, 0.25) is 0 Å². The van der Waals surface area contributed by atoms with Crippen molar-refractivity contribution in [2.75, 3.05) is 0 Å². The van der Waals surface area contributed by atoms with Crippen LogP contribution in [0.1, 0.15) is 24.0 Å². The van der Waals surface area contributed by atoms with E-state index in [2.05, 4.69) is 6.58 Å². The molecule has 2 rings (SSSR count). The van der Waals surface area contributed by atoms with E-state index < -0.39 is 6.10 Å². The fraction of sp³-hybridized carbons (Fsp3) is 0.176. The zero-order chi connectivity index (χ0) is 13.0. The maximum Gasteiger partial charge on any atom is 0.0853 e. The Morgan fingerprint density at radius 1 is 0.889 bits per heavy atom. The molecule has 0 aromatic heterocycles. The quantitative estimate of drug-likeness (QED) is 0.804. The number of aliphatic hydroxyl groups excluding tert-OH is 1. The Morgan fingerprint density at radius 2 is 1.28 bits per heavy atom. The molecule has 1 N–H and O–H groups in total. The first-order valence-corrected chi connectivity index (χ1v) is 6.13. The summed E-state index contributed by atoms with van der Waals surface area (Å²) in [7, 11) is 0. The lowest BCUT2D eigenvalue weighted by Gasteiger charge is -2.24. The van der Waals surface area contributed by atoms with Crippen molar-refractivity contribution in [3.8, 4) is 0 Å². The van der Waals surface area contributed by atoms with Crippen LogP contribution in [-0.2, 0) is 0 Å². The Bertz CT molecular complexity index is 462. The number of hydrogen-bond donors (Lipinski definition) is 1. The van der Waals surface area contributed by atoms with E-state index in [1.165, 1.54) is 0 Å². The normalized spacial score (nSPS) is 12.4. The molecule has 0 saturated heterocycles. The van der Waals surface area contributed by atoms with Crippen LogP contribution in [0.15, 0.2) is 72.8 Å². The van der Waals surface area contributed by atoms with Crippen molar-refractivity contribution in [1.82, 2.24) is 0 Å². The molecule has 0 amide bonds. The molecule has 92 valence electrons. The van der Waals surface area contributed by atoms with Gasteiger partial charge in [-0.3, -0.25) is 0 Å². The molecule has 0 heterocycles. The van der Waals surface area contributed by atoms with Gasteiger partial charge in [0.2, 0.25) is 0 Å². The predicted octanol–water partition coefficient (Wildman–Crippen LogP) is 3.76. The fourth-order valence-electron chi connectivity index (χ4n) is 2.16. The minimum Gasteiger partial charge on any atom is -0.388 e. The van der Waals surface area contributed by atoms with Gasteiger partial charge in [-0.15, -0.1) is 0 Å². The van der Waals surface area contributed by atoms with E-state index in [1.807, 2.05) is 67.6 Å². The smallest absolute Gasteiger partial charge is 0.0853 e. The van der Waals surface area contributed by atoms with Crippen LogP contribution < -0.4 is 0 Å². The SMILES string of the molecule is C=C(C)C(O)C(c1ccccc1)c1ccccc1. The largest absolute Gasteiger partial charge is 0.388 e. The second-order valence-corrected chi connectivity index (χ2v) is 4.59. The first-order valence-electron chi connectivity index (χ1n) is 6.13. The van der Waals surface area contributed by atoms with Gasteiger partial charge in [-0.05, 0) is 18.1 Å². The van der Waals surface area contributed by atoms with Gasteiger partial charge >= 0.3 is 0 Å². The van der Waals surface area contributed by atoms with Crippen LogP contribution in [0.25, 0.3) is 0 Å². The molecule has 0 radical (unpaired) electrons. The van der Waals surface area contributed by atoms with E-state index in [4.69, 9.17) is 0 Å². The monoisotopic (exact) mass is 238 g/mol. The van der Waals surface area contributed by atoms with Crippen molar-refractivity contribution in [3.05, 3.63) is 83.9 Å². The molecular weight excluding hydrogens is 220 g/mol. The Balaban J connectivity index is 2.45. The second kappa shape index (κ2) is 5.65. The summed E-state index contributed by atoms with van der Waals surface area (Å²) in [6.45, 7) is 5.74. The highest BCUT2D eigenvalue weighted by atomic mass is 16.3. The lowest BCUT2D eigenvalue weighted by atomic mass is 9.84. The summed E-state index contributed by atoms with van der Waals surface area (Å²) < 4.78 is 0. The maximum atomic E-state index is 10.4. The average Bonchev–Trinajstić information content (AvgIpc) is 2.41. The highest BCUT2D eigenvalue weighted by molar-refractivity contribution is 5.36. The third-order valence-corrected chi connectivity index (χ3v) is 3.14. The van der Waals surface area contributed by atoms with E-state index in [1.54, 1.807) is 0 Å². The second-order valence-electron chi connectivity index (χ2n) is 4.59. The lowest BCUT2D eigenvalue weighted by Crippen LogP contribution is -2.20. The Hall–Kier alpha value is -1.86. The maximum absolute atomic E-state index is 10.4. The highest BCUT2D eigenvalue weighted by Gasteiger charge is 2.23. The lowest BCUT2D eigenvalue weighted by molar-refractivity contribution is 0.193. The number of benzene rings is 2. The van der Waals surface area contributed by atoms with Crippen molar-refractivity contribution >= 4 is 0 Å². The minimum absolute atomic E-state index is 0.0510. The van der Waals surface area contributed by atoms with Crippen molar-refractivity contribution in [2.45, 2.75) is 18.9 Å². The van der Waals surface area contributed by atoms with E-state index in [0.29, 0.717) is 0 Å². The third-order valence-electron chi connectivity index (χ3n) is 3.14. The van der Waals surface area contributed by atoms with E-state index in [0.717, 1.165) is 16.7 Å². The Labute approximate surface area is 108 Å². The molecule has 0 spiro atoms. The predicted molar refractivity (Wildman–Crippen MR) is 75.5 cm³/mol. The fourth-order valence-corrected chi connectivity index (χ4v) is 2.16. The average molecular weight is 238 g/mol. The minimum atomic E-state index is -0.560. The van der Waals surface area contributed by atoms with Crippen LogP contribution >= 0.6 is 0 Å². The summed E-state index contributed by atoms with van der Waals surface area (Å²) in [6, 6.07) is 20.1. The molecular formula is C17H18O. The molecule has 2 aromatic carbocycles. The van der Waals surface area contributed by atoms with Crippen molar-refractivity contribution in [2.24, 2.45) is 0 Å². The van der Waals surface area contributed by atoms with E-state index in [-0.39, 0.29) is 5.92 Å². The van der Waals surface area contributed by atoms with Gasteiger partial charge in [0.25, 0.3) is 0 Å². The van der Waals surface area contributed by atoms with Crippen molar-refractivity contribution in [3.63, 3.8) is 0 Å². The Morgan fingerprint density at radius 3 is 1.61 bits per heavy atom. The summed E-state index contributed by atoms with van der Waals surface area (Å²) >= 11 is 0. The van der Waals surface area contributed by atoms with Gasteiger partial charge in [0.05, 0.1) is 6.10 Å². The molecule has 2 aromatic rings. The van der Waals surface area contributed by atoms with Gasteiger partial charge in [-0.2, -0.15) is 0 Å². The van der Waals surface area contributed by atoms with E-state index in [9.17, 15) is 5.11 Å². The molecule has 0 saturated carbocycles. The summed E-state index contributed by atoms with van der Waals surface area (Å²) in [4.78, 5) is 0. The number of hydrogen-bond acceptors (Lipinski definition) is 1. The molecule has 18 heavy (non-hydrogen) atoms. The van der Waals surface area contributed by atoms with Gasteiger partial charge in [0, 0.05) is 5.92 Å². The van der Waals surface area contributed by atoms with Crippen LogP contribution in [0.4, 0.5) is 0 Å². The summed E-state index contributed by atoms with van der Waals surface area (Å²) in [5.74, 6) is -0.0510. The Kier molecular flexibility index (Phi) is 3.96.